The van der Waals surface area contributed by atoms with Crippen molar-refractivity contribution >= 4 is 29.2 Å². The number of rotatable bonds is 3. The molecule has 0 saturated heterocycles. The third kappa shape index (κ3) is 4.40. The molecule has 0 aromatic heterocycles. The summed E-state index contributed by atoms with van der Waals surface area (Å²) in [6.45, 7) is 8.32. The van der Waals surface area contributed by atoms with Gasteiger partial charge in [-0.3, -0.25) is 5.43 Å². The van der Waals surface area contributed by atoms with Crippen molar-refractivity contribution in [1.29, 1.82) is 0 Å². The Hall–Kier alpha value is -2.20. The highest BCUT2D eigenvalue weighted by atomic mass is 32.1. The summed E-state index contributed by atoms with van der Waals surface area (Å²) in [5.41, 5.74) is 9.79. The van der Waals surface area contributed by atoms with E-state index in [1.54, 1.807) is 0 Å². The summed E-state index contributed by atoms with van der Waals surface area (Å²) in [6.07, 6.45) is 1.81. The van der Waals surface area contributed by atoms with E-state index in [9.17, 15) is 0 Å². The zero-order valence-corrected chi connectivity index (χ0v) is 14.2. The van der Waals surface area contributed by atoms with Crippen LogP contribution in [-0.4, -0.2) is 11.3 Å². The van der Waals surface area contributed by atoms with Gasteiger partial charge in [-0.2, -0.15) is 5.10 Å². The first kappa shape index (κ1) is 16.2. The molecule has 0 bridgehead atoms. The number of hydrazone groups is 1. The highest BCUT2D eigenvalue weighted by Crippen LogP contribution is 2.14. The molecule has 0 unspecified atom stereocenters. The van der Waals surface area contributed by atoms with Crippen LogP contribution in [0.2, 0.25) is 0 Å². The standard InChI is InChI=1S/C18H21N3S/c1-12-6-5-7-16(10-12)20-18(22)21-19-11-17-14(3)8-13(2)9-15(17)4/h5-11H,1-4H3,(H2,20,21,22)/b19-11-. The largest absolute Gasteiger partial charge is 0.331 e. The first-order valence-electron chi connectivity index (χ1n) is 7.20. The van der Waals surface area contributed by atoms with Crippen molar-refractivity contribution in [3.63, 3.8) is 0 Å². The highest BCUT2D eigenvalue weighted by Gasteiger charge is 2.01. The number of thiocarbonyl (C=S) groups is 1. The molecule has 114 valence electrons. The monoisotopic (exact) mass is 311 g/mol. The third-order valence-corrected chi connectivity index (χ3v) is 3.57. The molecule has 0 aliphatic heterocycles. The molecule has 0 atom stereocenters. The topological polar surface area (TPSA) is 36.4 Å². The lowest BCUT2D eigenvalue weighted by atomic mass is 10.0. The van der Waals surface area contributed by atoms with Gasteiger partial charge < -0.3 is 5.32 Å². The molecule has 2 rings (SSSR count). The Kier molecular flexibility index (Phi) is 5.28. The number of hydrogen-bond acceptors (Lipinski definition) is 2. The van der Waals surface area contributed by atoms with Gasteiger partial charge in [-0.05, 0) is 68.7 Å². The minimum Gasteiger partial charge on any atom is -0.331 e. The van der Waals surface area contributed by atoms with Crippen LogP contribution in [0.25, 0.3) is 0 Å². The number of hydrogen-bond donors (Lipinski definition) is 2. The van der Waals surface area contributed by atoms with E-state index in [1.807, 2.05) is 37.4 Å². The Morgan fingerprint density at radius 3 is 2.32 bits per heavy atom. The smallest absolute Gasteiger partial charge is 0.191 e. The Labute approximate surface area is 137 Å². The van der Waals surface area contributed by atoms with Gasteiger partial charge in [0, 0.05) is 11.3 Å². The van der Waals surface area contributed by atoms with Crippen LogP contribution >= 0.6 is 12.2 Å². The van der Waals surface area contributed by atoms with Crippen LogP contribution in [0.3, 0.4) is 0 Å². The second-order valence-corrected chi connectivity index (χ2v) is 5.91. The third-order valence-electron chi connectivity index (χ3n) is 3.37. The molecular weight excluding hydrogens is 290 g/mol. The Balaban J connectivity index is 1.99. The molecular formula is C18H21N3S. The van der Waals surface area contributed by atoms with Crippen molar-refractivity contribution < 1.29 is 0 Å². The fourth-order valence-electron chi connectivity index (χ4n) is 2.43. The maximum atomic E-state index is 5.25. The van der Waals surface area contributed by atoms with Gasteiger partial charge in [0.2, 0.25) is 0 Å². The van der Waals surface area contributed by atoms with E-state index in [0.717, 1.165) is 11.3 Å². The first-order chi connectivity index (χ1) is 10.5. The molecule has 0 radical (unpaired) electrons. The van der Waals surface area contributed by atoms with Gasteiger partial charge in [0.15, 0.2) is 5.11 Å². The van der Waals surface area contributed by atoms with Crippen molar-refractivity contribution in [2.24, 2.45) is 5.10 Å². The van der Waals surface area contributed by atoms with Gasteiger partial charge in [0.25, 0.3) is 0 Å². The van der Waals surface area contributed by atoms with Crippen LogP contribution in [0.15, 0.2) is 41.5 Å². The van der Waals surface area contributed by atoms with Crippen molar-refractivity contribution in [1.82, 2.24) is 5.43 Å². The number of nitrogens with one attached hydrogen (secondary N) is 2. The second kappa shape index (κ2) is 7.18. The number of benzene rings is 2. The summed E-state index contributed by atoms with van der Waals surface area (Å²) in [5.74, 6) is 0. The molecule has 2 aromatic rings. The summed E-state index contributed by atoms with van der Waals surface area (Å²) in [6, 6.07) is 12.3. The molecule has 0 spiro atoms. The number of aryl methyl sites for hydroxylation is 4. The summed E-state index contributed by atoms with van der Waals surface area (Å²) in [7, 11) is 0. The van der Waals surface area contributed by atoms with Crippen molar-refractivity contribution in [2.75, 3.05) is 5.32 Å². The van der Waals surface area contributed by atoms with Gasteiger partial charge in [0.1, 0.15) is 0 Å². The molecule has 4 heteroatoms. The summed E-state index contributed by atoms with van der Waals surface area (Å²) >= 11 is 5.25. The van der Waals surface area contributed by atoms with E-state index in [0.29, 0.717) is 5.11 Å². The van der Waals surface area contributed by atoms with E-state index in [4.69, 9.17) is 12.2 Å². The number of nitrogens with zero attached hydrogens (tertiary/aromatic N) is 1. The van der Waals surface area contributed by atoms with E-state index >= 15 is 0 Å². The van der Waals surface area contributed by atoms with Crippen molar-refractivity contribution in [3.8, 4) is 0 Å². The predicted octanol–water partition coefficient (Wildman–Crippen LogP) is 4.24. The maximum absolute atomic E-state index is 5.25. The van der Waals surface area contributed by atoms with Crippen LogP contribution in [0.5, 0.6) is 0 Å². The minimum atomic E-state index is 0.476. The quantitative estimate of drug-likeness (QED) is 0.506. The molecule has 3 nitrogen and oxygen atoms in total. The van der Waals surface area contributed by atoms with Gasteiger partial charge in [-0.15, -0.1) is 0 Å². The normalized spacial score (nSPS) is 10.7. The highest BCUT2D eigenvalue weighted by molar-refractivity contribution is 7.80. The average Bonchev–Trinajstić information content (AvgIpc) is 2.41. The van der Waals surface area contributed by atoms with Gasteiger partial charge in [-0.25, -0.2) is 0 Å². The van der Waals surface area contributed by atoms with Gasteiger partial charge in [-0.1, -0.05) is 29.8 Å². The molecule has 0 fully saturated rings. The van der Waals surface area contributed by atoms with E-state index in [2.05, 4.69) is 48.7 Å². The summed E-state index contributed by atoms with van der Waals surface area (Å²) in [5, 5.41) is 7.82. The van der Waals surface area contributed by atoms with E-state index in [1.165, 1.54) is 22.3 Å². The Morgan fingerprint density at radius 2 is 1.68 bits per heavy atom. The molecule has 0 aliphatic carbocycles. The zero-order valence-electron chi connectivity index (χ0n) is 13.4. The predicted molar refractivity (Wildman–Crippen MR) is 98.8 cm³/mol. The van der Waals surface area contributed by atoms with Crippen LogP contribution in [0, 0.1) is 27.7 Å². The fourth-order valence-corrected chi connectivity index (χ4v) is 2.60. The molecule has 2 aromatic carbocycles. The molecule has 0 amide bonds. The number of anilines is 1. The second-order valence-electron chi connectivity index (χ2n) is 5.51. The Morgan fingerprint density at radius 1 is 1.00 bits per heavy atom. The van der Waals surface area contributed by atoms with E-state index < -0.39 is 0 Å². The van der Waals surface area contributed by atoms with Gasteiger partial charge in [0.05, 0.1) is 6.21 Å². The molecule has 2 N–H and O–H groups in total. The average molecular weight is 311 g/mol. The SMILES string of the molecule is Cc1cccc(NC(=S)N/N=C\c2c(C)cc(C)cc2C)c1. The van der Waals surface area contributed by atoms with Crippen LogP contribution in [-0.2, 0) is 0 Å². The van der Waals surface area contributed by atoms with Crippen LogP contribution in [0.1, 0.15) is 27.8 Å². The first-order valence-corrected chi connectivity index (χ1v) is 7.61. The van der Waals surface area contributed by atoms with Crippen LogP contribution in [0.4, 0.5) is 5.69 Å². The lowest BCUT2D eigenvalue weighted by Gasteiger charge is -2.09. The maximum Gasteiger partial charge on any atom is 0.191 e. The van der Waals surface area contributed by atoms with Crippen molar-refractivity contribution in [3.05, 3.63) is 64.2 Å². The lowest BCUT2D eigenvalue weighted by molar-refractivity contribution is 1.05. The summed E-state index contributed by atoms with van der Waals surface area (Å²) in [4.78, 5) is 0. The zero-order chi connectivity index (χ0) is 16.1. The Bertz CT molecular complexity index is 697. The minimum absolute atomic E-state index is 0.476. The summed E-state index contributed by atoms with van der Waals surface area (Å²) < 4.78 is 0. The van der Waals surface area contributed by atoms with E-state index in [-0.39, 0.29) is 0 Å². The van der Waals surface area contributed by atoms with Crippen LogP contribution < -0.4 is 10.7 Å². The molecule has 0 saturated carbocycles. The molecule has 22 heavy (non-hydrogen) atoms. The van der Waals surface area contributed by atoms with Crippen molar-refractivity contribution in [2.45, 2.75) is 27.7 Å². The molecule has 0 heterocycles. The molecule has 0 aliphatic rings. The lowest BCUT2D eigenvalue weighted by Crippen LogP contribution is -2.23. The van der Waals surface area contributed by atoms with Gasteiger partial charge >= 0.3 is 0 Å². The fraction of sp³-hybridized carbons (Fsp3) is 0.222.